The first-order chi connectivity index (χ1) is 16.7. The molecule has 13 heteroatoms. The van der Waals surface area contributed by atoms with E-state index in [1.54, 1.807) is 24.3 Å². The molecule has 0 aliphatic heterocycles. The van der Waals surface area contributed by atoms with E-state index in [0.717, 1.165) is 17.4 Å². The van der Waals surface area contributed by atoms with Crippen molar-refractivity contribution in [2.24, 2.45) is 0 Å². The minimum Gasteiger partial charge on any atom is -0.767 e. The lowest BCUT2D eigenvalue weighted by Crippen LogP contribution is -2.02. The van der Waals surface area contributed by atoms with Gasteiger partial charge in [0.25, 0.3) is 0 Å². The lowest BCUT2D eigenvalue weighted by atomic mass is 10.2. The molecule has 2 aromatic carbocycles. The normalized spacial score (nSPS) is 11.3. The number of aromatic hydroxyl groups is 1. The zero-order chi connectivity index (χ0) is 25.5. The van der Waals surface area contributed by atoms with Gasteiger partial charge in [-0.05, 0) is 41.4 Å². The third-order valence-corrected chi connectivity index (χ3v) is 6.05. The number of thiazole rings is 1. The number of para-hydroxylation sites is 1. The van der Waals surface area contributed by atoms with Crippen molar-refractivity contribution in [1.82, 2.24) is 9.97 Å². The number of nitrogens with two attached hydrogens (primary N) is 1. The molecular formula is C22H18ClF2N4O4S2-. The number of hydrogen-bond donors (Lipinski definition) is 3. The monoisotopic (exact) mass is 539 g/mol. The predicted octanol–water partition coefficient (Wildman–Crippen LogP) is 4.97. The molecule has 1 unspecified atom stereocenters. The molecule has 4 rings (SSSR count). The molecule has 0 radical (unpaired) electrons. The van der Waals surface area contributed by atoms with Crippen molar-refractivity contribution in [3.05, 3.63) is 76.3 Å². The number of phenols is 1. The van der Waals surface area contributed by atoms with Gasteiger partial charge in [0.1, 0.15) is 16.5 Å². The summed E-state index contributed by atoms with van der Waals surface area (Å²) in [5, 5.41) is 12.5. The summed E-state index contributed by atoms with van der Waals surface area (Å²) < 4.78 is 52.7. The molecule has 0 aliphatic carbocycles. The minimum absolute atomic E-state index is 0.0117. The Morgan fingerprint density at radius 3 is 2.60 bits per heavy atom. The van der Waals surface area contributed by atoms with Gasteiger partial charge in [-0.3, -0.25) is 4.21 Å². The van der Waals surface area contributed by atoms with Crippen LogP contribution in [0, 0.1) is 10.9 Å². The number of rotatable bonds is 6. The van der Waals surface area contributed by atoms with Crippen LogP contribution in [0.1, 0.15) is 5.56 Å². The third-order valence-electron chi connectivity index (χ3n) is 4.49. The summed E-state index contributed by atoms with van der Waals surface area (Å²) in [7, 11) is 1.48. The van der Waals surface area contributed by atoms with Gasteiger partial charge in [-0.1, -0.05) is 41.1 Å². The van der Waals surface area contributed by atoms with Gasteiger partial charge in [0, 0.05) is 17.7 Å². The van der Waals surface area contributed by atoms with Crippen LogP contribution >= 0.6 is 22.9 Å². The number of anilines is 2. The Morgan fingerprint density at radius 1 is 1.26 bits per heavy atom. The van der Waals surface area contributed by atoms with Crippen LogP contribution in [-0.2, 0) is 17.6 Å². The highest BCUT2D eigenvalue weighted by Crippen LogP contribution is 2.30. The van der Waals surface area contributed by atoms with Crippen LogP contribution < -0.4 is 15.8 Å². The molecular weight excluding hydrogens is 522 g/mol. The van der Waals surface area contributed by atoms with Crippen LogP contribution in [0.5, 0.6) is 11.5 Å². The number of halogens is 3. The highest BCUT2D eigenvalue weighted by molar-refractivity contribution is 7.79. The van der Waals surface area contributed by atoms with Crippen LogP contribution in [0.3, 0.4) is 0 Å². The topological polar surface area (TPSA) is 133 Å². The van der Waals surface area contributed by atoms with Gasteiger partial charge in [-0.15, -0.1) is 0 Å². The average molecular weight is 540 g/mol. The second-order valence-corrected chi connectivity index (χ2v) is 9.02. The molecule has 0 saturated heterocycles. The number of hydrogen-bond acceptors (Lipinski definition) is 9. The first kappa shape index (κ1) is 26.3. The number of methoxy groups -OCH3 is 1. The Kier molecular flexibility index (Phi) is 8.93. The van der Waals surface area contributed by atoms with E-state index in [1.807, 2.05) is 0 Å². The highest BCUT2D eigenvalue weighted by atomic mass is 35.5. The minimum atomic E-state index is -2.33. The molecule has 4 aromatic rings. The number of phenolic OH excluding ortho intramolecular Hbond substituents is 1. The van der Waals surface area contributed by atoms with Crippen molar-refractivity contribution in [2.45, 2.75) is 11.6 Å². The smallest absolute Gasteiger partial charge is 0.206 e. The van der Waals surface area contributed by atoms with Gasteiger partial charge >= 0.3 is 0 Å². The summed E-state index contributed by atoms with van der Waals surface area (Å²) in [6.07, 6.45) is 1.42. The Morgan fingerprint density at radius 2 is 2.03 bits per heavy atom. The van der Waals surface area contributed by atoms with E-state index in [0.29, 0.717) is 29.1 Å². The summed E-state index contributed by atoms with van der Waals surface area (Å²) in [6.45, 7) is 0.366. The summed E-state index contributed by atoms with van der Waals surface area (Å²) in [6, 6.07) is 12.2. The van der Waals surface area contributed by atoms with Crippen LogP contribution in [0.4, 0.5) is 19.6 Å². The maximum atomic E-state index is 13.2. The molecule has 184 valence electrons. The van der Waals surface area contributed by atoms with Crippen molar-refractivity contribution in [1.29, 1.82) is 0 Å². The fourth-order valence-corrected chi connectivity index (χ4v) is 3.81. The summed E-state index contributed by atoms with van der Waals surface area (Å²) in [5.41, 5.74) is 7.02. The number of ether oxygens (including phenoxy) is 1. The molecule has 0 fully saturated rings. The van der Waals surface area contributed by atoms with E-state index < -0.39 is 22.0 Å². The summed E-state index contributed by atoms with van der Waals surface area (Å²) >= 11 is 3.89. The predicted molar refractivity (Wildman–Crippen MR) is 130 cm³/mol. The number of aromatic nitrogens is 2. The molecule has 35 heavy (non-hydrogen) atoms. The van der Waals surface area contributed by atoms with Crippen LogP contribution in [0.15, 0.2) is 59.8 Å². The Labute approximate surface area is 210 Å². The van der Waals surface area contributed by atoms with Crippen LogP contribution in [0.2, 0.25) is 5.02 Å². The number of nitrogens with one attached hydrogen (secondary N) is 1. The van der Waals surface area contributed by atoms with Crippen molar-refractivity contribution >= 4 is 44.8 Å². The maximum absolute atomic E-state index is 13.2. The zero-order valence-electron chi connectivity index (χ0n) is 18.0. The standard InChI is InChI=1S/C13H14N2O4S.C9H5ClF2N2S/c1-19-11-4-2-3-9(13(11)16)7-14-10-5-6-12(15-8-10)20(17)18;10-5-2-1-4(3-6(5)11)7-8(12)15-9(13)14-7/h2-6,8,14,16H,7H2,1H3,(H,17,18);1-3H,(H2,13,14)/p-1. The molecule has 0 aliphatic rings. The Hall–Kier alpha value is -3.32. The van der Waals surface area contributed by atoms with E-state index in [-0.39, 0.29) is 26.6 Å². The fraction of sp³-hybridized carbons (Fsp3) is 0.0909. The average Bonchev–Trinajstić information content (AvgIpc) is 3.18. The van der Waals surface area contributed by atoms with Crippen molar-refractivity contribution in [3.8, 4) is 22.8 Å². The van der Waals surface area contributed by atoms with Crippen LogP contribution in [-0.4, -0.2) is 30.9 Å². The van der Waals surface area contributed by atoms with Crippen molar-refractivity contribution < 1.29 is 27.4 Å². The number of pyridine rings is 1. The molecule has 0 spiro atoms. The van der Waals surface area contributed by atoms with Gasteiger partial charge in [0.05, 0.1) is 24.0 Å². The molecule has 0 bridgehead atoms. The lowest BCUT2D eigenvalue weighted by molar-refractivity contribution is 0.371. The van der Waals surface area contributed by atoms with Crippen molar-refractivity contribution in [2.75, 3.05) is 18.2 Å². The Bertz CT molecular complexity index is 1340. The molecule has 0 amide bonds. The summed E-state index contributed by atoms with van der Waals surface area (Å²) in [5.74, 6) is -0.132. The second-order valence-electron chi connectivity index (χ2n) is 6.74. The Balaban J connectivity index is 0.000000203. The van der Waals surface area contributed by atoms with Crippen LogP contribution in [0.25, 0.3) is 11.3 Å². The SMILES string of the molecule is COc1cccc(CNc2ccc(S(=O)[O-])nc2)c1O.Nc1nc(-c2ccc(Cl)c(F)c2)c(F)s1. The van der Waals surface area contributed by atoms with E-state index >= 15 is 0 Å². The van der Waals surface area contributed by atoms with E-state index in [1.165, 1.54) is 31.5 Å². The third kappa shape index (κ3) is 6.85. The van der Waals surface area contributed by atoms with Gasteiger partial charge < -0.3 is 25.4 Å². The zero-order valence-corrected chi connectivity index (χ0v) is 20.4. The van der Waals surface area contributed by atoms with Crippen molar-refractivity contribution in [3.63, 3.8) is 0 Å². The van der Waals surface area contributed by atoms with E-state index in [2.05, 4.69) is 15.3 Å². The largest absolute Gasteiger partial charge is 0.767 e. The van der Waals surface area contributed by atoms with Gasteiger partial charge in [-0.2, -0.15) is 4.39 Å². The second kappa shape index (κ2) is 11.9. The molecule has 2 aromatic heterocycles. The molecule has 8 nitrogen and oxygen atoms in total. The quantitative estimate of drug-likeness (QED) is 0.292. The number of nitrogen functional groups attached to an aromatic ring is 1. The summed E-state index contributed by atoms with van der Waals surface area (Å²) in [4.78, 5) is 7.55. The highest BCUT2D eigenvalue weighted by Gasteiger charge is 2.13. The van der Waals surface area contributed by atoms with Gasteiger partial charge in [0.15, 0.2) is 16.6 Å². The first-order valence-corrected chi connectivity index (χ1v) is 12.0. The molecule has 0 saturated carbocycles. The van der Waals surface area contributed by atoms with E-state index in [4.69, 9.17) is 22.1 Å². The van der Waals surface area contributed by atoms with Gasteiger partial charge in [-0.25, -0.2) is 14.4 Å². The molecule has 4 N–H and O–H groups in total. The molecule has 1 atom stereocenters. The van der Waals surface area contributed by atoms with E-state index in [9.17, 15) is 22.6 Å². The molecule has 2 heterocycles. The lowest BCUT2D eigenvalue weighted by Gasteiger charge is -2.11. The maximum Gasteiger partial charge on any atom is 0.206 e. The first-order valence-electron chi connectivity index (χ1n) is 9.70. The number of benzene rings is 2. The fourth-order valence-electron chi connectivity index (χ4n) is 2.79. The van der Waals surface area contributed by atoms with Gasteiger partial charge in [0.2, 0.25) is 5.13 Å². The number of nitrogens with zero attached hydrogens (tertiary/aromatic N) is 2.